The number of carbonyl (C=O) groups excluding carboxylic acids is 1. The fourth-order valence-corrected chi connectivity index (χ4v) is 2.24. The van der Waals surface area contributed by atoms with Crippen molar-refractivity contribution in [1.82, 2.24) is 0 Å². The summed E-state index contributed by atoms with van der Waals surface area (Å²) >= 11 is 0. The lowest BCUT2D eigenvalue weighted by Crippen LogP contribution is -2.15. The van der Waals surface area contributed by atoms with Crippen LogP contribution in [0.15, 0.2) is 42.5 Å². The number of ether oxygens (including phenoxy) is 2. The first-order chi connectivity index (χ1) is 11.1. The summed E-state index contributed by atoms with van der Waals surface area (Å²) in [5.41, 5.74) is 2.08. The van der Waals surface area contributed by atoms with Crippen LogP contribution in [-0.2, 0) is 4.79 Å². The molecule has 0 aliphatic carbocycles. The smallest absolute Gasteiger partial charge is 0.248 e. The van der Waals surface area contributed by atoms with Gasteiger partial charge in [-0.15, -0.1) is 0 Å². The Labute approximate surface area is 133 Å². The highest BCUT2D eigenvalue weighted by Gasteiger charge is 2.11. The number of hydrogen-bond acceptors (Lipinski definition) is 3. The Morgan fingerprint density at radius 1 is 1.13 bits per heavy atom. The van der Waals surface area contributed by atoms with Gasteiger partial charge >= 0.3 is 0 Å². The second-order valence-electron chi connectivity index (χ2n) is 5.18. The quantitative estimate of drug-likeness (QED) is 0.882. The summed E-state index contributed by atoms with van der Waals surface area (Å²) in [5.74, 6) is 0.656. The van der Waals surface area contributed by atoms with Crippen LogP contribution in [-0.4, -0.2) is 19.1 Å². The van der Waals surface area contributed by atoms with Crippen molar-refractivity contribution in [1.29, 1.82) is 0 Å². The average Bonchev–Trinajstić information content (AvgIpc) is 2.56. The van der Waals surface area contributed by atoms with Crippen LogP contribution in [0.4, 0.5) is 10.1 Å². The maximum Gasteiger partial charge on any atom is 0.248 e. The maximum absolute atomic E-state index is 13.2. The Morgan fingerprint density at radius 3 is 2.74 bits per heavy atom. The van der Waals surface area contributed by atoms with Gasteiger partial charge in [0.1, 0.15) is 19.0 Å². The van der Waals surface area contributed by atoms with E-state index in [0.717, 1.165) is 11.1 Å². The minimum atomic E-state index is -0.387. The first-order valence-electron chi connectivity index (χ1n) is 7.27. The number of anilines is 1. The molecule has 0 saturated heterocycles. The van der Waals surface area contributed by atoms with Crippen LogP contribution >= 0.6 is 0 Å². The van der Waals surface area contributed by atoms with Gasteiger partial charge in [0.2, 0.25) is 5.91 Å². The van der Waals surface area contributed by atoms with Crippen molar-refractivity contribution in [2.24, 2.45) is 0 Å². The minimum absolute atomic E-state index is 0.325. The van der Waals surface area contributed by atoms with Crippen molar-refractivity contribution in [3.63, 3.8) is 0 Å². The largest absolute Gasteiger partial charge is 0.486 e. The van der Waals surface area contributed by atoms with E-state index in [2.05, 4.69) is 5.32 Å². The molecule has 3 rings (SSSR count). The van der Waals surface area contributed by atoms with Gasteiger partial charge < -0.3 is 14.8 Å². The molecule has 2 aromatic rings. The predicted molar refractivity (Wildman–Crippen MR) is 86.2 cm³/mol. The van der Waals surface area contributed by atoms with E-state index < -0.39 is 0 Å². The highest BCUT2D eigenvalue weighted by molar-refractivity contribution is 6.02. The van der Waals surface area contributed by atoms with E-state index >= 15 is 0 Å². The van der Waals surface area contributed by atoms with Crippen molar-refractivity contribution in [2.75, 3.05) is 18.5 Å². The van der Waals surface area contributed by atoms with Gasteiger partial charge in [0, 0.05) is 11.8 Å². The van der Waals surface area contributed by atoms with Gasteiger partial charge in [-0.2, -0.15) is 0 Å². The second-order valence-corrected chi connectivity index (χ2v) is 5.18. The van der Waals surface area contributed by atoms with Crippen LogP contribution in [0.5, 0.6) is 11.5 Å². The van der Waals surface area contributed by atoms with Crippen LogP contribution in [0.1, 0.15) is 11.1 Å². The highest BCUT2D eigenvalue weighted by Crippen LogP contribution is 2.31. The first-order valence-corrected chi connectivity index (χ1v) is 7.27. The summed E-state index contributed by atoms with van der Waals surface area (Å²) < 4.78 is 24.2. The molecule has 23 heavy (non-hydrogen) atoms. The molecule has 0 fully saturated rings. The number of nitrogens with one attached hydrogen (secondary N) is 1. The standard InChI is InChI=1S/C18H16FNO3/c1-12-2-5-14(19)11-15(12)20-18(21)7-4-13-3-6-16-17(10-13)23-9-8-22-16/h2-7,10-11H,8-9H2,1H3,(H,20,21)/b7-4+. The number of benzene rings is 2. The van der Waals surface area contributed by atoms with Crippen molar-refractivity contribution in [2.45, 2.75) is 6.92 Å². The van der Waals surface area contributed by atoms with Crippen molar-refractivity contribution in [3.8, 4) is 11.5 Å². The molecule has 4 nitrogen and oxygen atoms in total. The number of hydrogen-bond donors (Lipinski definition) is 1. The molecule has 1 amide bonds. The highest BCUT2D eigenvalue weighted by atomic mass is 19.1. The van der Waals surface area contributed by atoms with Gasteiger partial charge in [0.25, 0.3) is 0 Å². The van der Waals surface area contributed by atoms with E-state index in [1.807, 2.05) is 18.2 Å². The van der Waals surface area contributed by atoms with Gasteiger partial charge in [0.05, 0.1) is 0 Å². The topological polar surface area (TPSA) is 47.6 Å². The molecule has 0 spiro atoms. The molecule has 0 atom stereocenters. The molecule has 0 saturated carbocycles. The first kappa shape index (κ1) is 15.1. The SMILES string of the molecule is Cc1ccc(F)cc1NC(=O)/C=C/c1ccc2c(c1)OCCO2. The molecule has 118 valence electrons. The number of carbonyl (C=O) groups is 1. The molecule has 1 aliphatic heterocycles. The fourth-order valence-electron chi connectivity index (χ4n) is 2.24. The molecular formula is C18H16FNO3. The normalized spacial score (nSPS) is 13.1. The number of fused-ring (bicyclic) bond motifs is 1. The fraction of sp³-hybridized carbons (Fsp3) is 0.167. The average molecular weight is 313 g/mol. The van der Waals surface area contributed by atoms with Crippen LogP contribution in [0.3, 0.4) is 0 Å². The monoisotopic (exact) mass is 313 g/mol. The molecular weight excluding hydrogens is 297 g/mol. The Morgan fingerprint density at radius 2 is 1.91 bits per heavy atom. The molecule has 5 heteroatoms. The Balaban J connectivity index is 1.70. The Hall–Kier alpha value is -2.82. The lowest BCUT2D eigenvalue weighted by molar-refractivity contribution is -0.111. The second kappa shape index (κ2) is 6.52. The zero-order valence-electron chi connectivity index (χ0n) is 12.6. The molecule has 0 radical (unpaired) electrons. The lowest BCUT2D eigenvalue weighted by atomic mass is 10.1. The van der Waals surface area contributed by atoms with E-state index in [1.165, 1.54) is 18.2 Å². The predicted octanol–water partition coefficient (Wildman–Crippen LogP) is 3.56. The number of amides is 1. The van der Waals surface area contributed by atoms with Crippen LogP contribution in [0.25, 0.3) is 6.08 Å². The van der Waals surface area contributed by atoms with Crippen LogP contribution in [0, 0.1) is 12.7 Å². The zero-order chi connectivity index (χ0) is 16.2. The molecule has 2 aromatic carbocycles. The minimum Gasteiger partial charge on any atom is -0.486 e. The molecule has 0 bridgehead atoms. The van der Waals surface area contributed by atoms with E-state index in [-0.39, 0.29) is 11.7 Å². The van der Waals surface area contributed by atoms with Crippen molar-refractivity contribution in [3.05, 3.63) is 59.4 Å². The van der Waals surface area contributed by atoms with Gasteiger partial charge in [0.15, 0.2) is 11.5 Å². The van der Waals surface area contributed by atoms with Gasteiger partial charge in [-0.1, -0.05) is 12.1 Å². The molecule has 0 aromatic heterocycles. The van der Waals surface area contributed by atoms with Crippen molar-refractivity contribution < 1.29 is 18.7 Å². The van der Waals surface area contributed by atoms with Crippen LogP contribution in [0.2, 0.25) is 0 Å². The third-order valence-corrected chi connectivity index (χ3v) is 3.45. The number of halogens is 1. The van der Waals surface area contributed by atoms with Gasteiger partial charge in [-0.05, 0) is 48.4 Å². The maximum atomic E-state index is 13.2. The van der Waals surface area contributed by atoms with Crippen LogP contribution < -0.4 is 14.8 Å². The summed E-state index contributed by atoms with van der Waals surface area (Å²) in [6.45, 7) is 2.86. The van der Waals surface area contributed by atoms with E-state index in [9.17, 15) is 9.18 Å². The summed E-state index contributed by atoms with van der Waals surface area (Å²) in [6.07, 6.45) is 3.07. The summed E-state index contributed by atoms with van der Waals surface area (Å²) in [6, 6.07) is 9.73. The van der Waals surface area contributed by atoms with E-state index in [4.69, 9.17) is 9.47 Å². The van der Waals surface area contributed by atoms with Crippen molar-refractivity contribution >= 4 is 17.7 Å². The van der Waals surface area contributed by atoms with E-state index in [1.54, 1.807) is 19.1 Å². The lowest BCUT2D eigenvalue weighted by Gasteiger charge is -2.18. The van der Waals surface area contributed by atoms with Gasteiger partial charge in [-0.3, -0.25) is 4.79 Å². The Bertz CT molecular complexity index is 771. The number of aryl methyl sites for hydroxylation is 1. The van der Waals surface area contributed by atoms with E-state index in [0.29, 0.717) is 30.4 Å². The summed E-state index contributed by atoms with van der Waals surface area (Å²) in [7, 11) is 0. The molecule has 0 unspecified atom stereocenters. The third kappa shape index (κ3) is 3.69. The van der Waals surface area contributed by atoms with Gasteiger partial charge in [-0.25, -0.2) is 4.39 Å². The number of rotatable bonds is 3. The molecule has 1 N–H and O–H groups in total. The molecule has 1 heterocycles. The third-order valence-electron chi connectivity index (χ3n) is 3.45. The Kier molecular flexibility index (Phi) is 4.28. The zero-order valence-corrected chi connectivity index (χ0v) is 12.6. The molecule has 1 aliphatic rings. The summed E-state index contributed by atoms with van der Waals surface area (Å²) in [5, 5.41) is 2.66. The summed E-state index contributed by atoms with van der Waals surface area (Å²) in [4.78, 5) is 12.0.